The van der Waals surface area contributed by atoms with Gasteiger partial charge < -0.3 is 14.5 Å². The average Bonchev–Trinajstić information content (AvgIpc) is 2.90. The molecule has 2 N–H and O–H groups in total. The number of carbonyl (C=O) groups is 1. The molecule has 0 aliphatic carbocycles. The summed E-state index contributed by atoms with van der Waals surface area (Å²) in [6, 6.07) is 6.14. The first kappa shape index (κ1) is 18.2. The highest BCUT2D eigenvalue weighted by molar-refractivity contribution is 9.10. The van der Waals surface area contributed by atoms with E-state index in [-0.39, 0.29) is 17.6 Å². The second-order valence-corrected chi connectivity index (χ2v) is 7.36. The summed E-state index contributed by atoms with van der Waals surface area (Å²) in [6.07, 6.45) is 2.30. The Morgan fingerprint density at radius 3 is 3.12 bits per heavy atom. The number of benzene rings is 1. The number of aromatic nitrogens is 1. The van der Waals surface area contributed by atoms with Crippen LogP contribution in [0, 0.1) is 6.92 Å². The summed E-state index contributed by atoms with van der Waals surface area (Å²) in [7, 11) is 0. The van der Waals surface area contributed by atoms with E-state index >= 15 is 0 Å². The molecule has 0 unspecified atom stereocenters. The Labute approximate surface area is 158 Å². The second kappa shape index (κ2) is 8.70. The summed E-state index contributed by atoms with van der Waals surface area (Å²) in [5.74, 6) is -0.294. The van der Waals surface area contributed by atoms with Gasteiger partial charge in [0.05, 0.1) is 6.61 Å². The molecule has 1 aliphatic heterocycles. The Hall–Kier alpha value is -1.55. The lowest BCUT2D eigenvalue weighted by Gasteiger charge is -2.16. The highest BCUT2D eigenvalue weighted by atomic mass is 79.9. The number of amides is 1. The highest BCUT2D eigenvalue weighted by Crippen LogP contribution is 2.24. The van der Waals surface area contributed by atoms with Gasteiger partial charge >= 0.3 is 0 Å². The van der Waals surface area contributed by atoms with E-state index in [0.29, 0.717) is 6.61 Å². The van der Waals surface area contributed by atoms with Crippen molar-refractivity contribution >= 4 is 45.7 Å². The number of aryl methyl sites for hydroxylation is 1. The zero-order valence-electron chi connectivity index (χ0n) is 13.8. The minimum atomic E-state index is -0.294. The summed E-state index contributed by atoms with van der Waals surface area (Å²) in [5, 5.41) is 3.08. The van der Waals surface area contributed by atoms with Crippen LogP contribution in [-0.4, -0.2) is 41.5 Å². The van der Waals surface area contributed by atoms with Gasteiger partial charge in [-0.05, 0) is 31.0 Å². The van der Waals surface area contributed by atoms with Crippen molar-refractivity contribution in [2.75, 3.05) is 31.6 Å². The smallest absolute Gasteiger partial charge is 0.299 e. The first-order valence-corrected chi connectivity index (χ1v) is 9.47. The molecule has 1 aromatic carbocycles. The second-order valence-electron chi connectivity index (χ2n) is 5.54. The van der Waals surface area contributed by atoms with E-state index in [1.807, 2.05) is 25.1 Å². The third-order valence-corrected chi connectivity index (χ3v) is 5.02. The van der Waals surface area contributed by atoms with Gasteiger partial charge in [-0.2, -0.15) is 4.98 Å². The number of hydrogen-bond donors (Lipinski definition) is 2. The summed E-state index contributed by atoms with van der Waals surface area (Å²) in [4.78, 5) is 16.4. The molecule has 0 bridgehead atoms. The van der Waals surface area contributed by atoms with Crippen LogP contribution in [0.5, 0.6) is 0 Å². The minimum Gasteiger partial charge on any atom is -0.431 e. The van der Waals surface area contributed by atoms with Gasteiger partial charge in [-0.3, -0.25) is 9.52 Å². The number of oxazole rings is 1. The zero-order valence-corrected chi connectivity index (χ0v) is 16.2. The van der Waals surface area contributed by atoms with Gasteiger partial charge in [0, 0.05) is 42.0 Å². The molecule has 25 heavy (non-hydrogen) atoms. The molecule has 1 saturated heterocycles. The van der Waals surface area contributed by atoms with E-state index in [2.05, 4.69) is 35.3 Å². The fraction of sp³-hybridized carbons (Fsp3) is 0.375. The number of hydrogen-bond acceptors (Lipinski definition) is 7. The maximum atomic E-state index is 12.2. The van der Waals surface area contributed by atoms with Gasteiger partial charge in [0.25, 0.3) is 11.9 Å². The standard InChI is InChI=1S/C16H19BrN4O3S/c1-11-3-4-12(17)9-13(11)18-16-19-14(10-24-16)15(22)20-25-21-5-2-7-23-8-6-21/h3-4,9-10H,2,5-8H2,1H3,(H,18,19)(H,20,22). The van der Waals surface area contributed by atoms with Crippen molar-refractivity contribution in [3.05, 3.63) is 40.2 Å². The summed E-state index contributed by atoms with van der Waals surface area (Å²) in [6.45, 7) is 5.07. The third kappa shape index (κ3) is 5.21. The maximum Gasteiger partial charge on any atom is 0.299 e. The van der Waals surface area contributed by atoms with E-state index in [4.69, 9.17) is 9.15 Å². The predicted molar refractivity (Wildman–Crippen MR) is 101 cm³/mol. The van der Waals surface area contributed by atoms with Crippen molar-refractivity contribution in [2.45, 2.75) is 13.3 Å². The Morgan fingerprint density at radius 2 is 2.24 bits per heavy atom. The van der Waals surface area contributed by atoms with E-state index in [1.54, 1.807) is 0 Å². The molecule has 0 spiro atoms. The first-order chi connectivity index (χ1) is 12.1. The maximum absolute atomic E-state index is 12.2. The molecular weight excluding hydrogens is 408 g/mol. The van der Waals surface area contributed by atoms with Gasteiger partial charge in [-0.25, -0.2) is 4.31 Å². The number of ether oxygens (including phenoxy) is 1. The lowest BCUT2D eigenvalue weighted by molar-refractivity contribution is 0.0978. The number of nitrogens with one attached hydrogen (secondary N) is 2. The number of anilines is 2. The average molecular weight is 427 g/mol. The number of carbonyl (C=O) groups excluding carboxylic acids is 1. The number of rotatable bonds is 5. The SMILES string of the molecule is Cc1ccc(Br)cc1Nc1nc(C(=O)NSN2CCCOCC2)co1. The van der Waals surface area contributed by atoms with Crippen LogP contribution in [-0.2, 0) is 4.74 Å². The van der Waals surface area contributed by atoms with Crippen molar-refractivity contribution in [3.63, 3.8) is 0 Å². The van der Waals surface area contributed by atoms with Gasteiger partial charge in [-0.15, -0.1) is 0 Å². The molecule has 0 radical (unpaired) electrons. The molecule has 134 valence electrons. The van der Waals surface area contributed by atoms with Gasteiger partial charge in [0.2, 0.25) is 0 Å². The van der Waals surface area contributed by atoms with Crippen LogP contribution < -0.4 is 10.0 Å². The van der Waals surface area contributed by atoms with Crippen molar-refractivity contribution in [2.24, 2.45) is 0 Å². The molecule has 9 heteroatoms. The van der Waals surface area contributed by atoms with Crippen LogP contribution in [0.3, 0.4) is 0 Å². The molecule has 7 nitrogen and oxygen atoms in total. The topological polar surface area (TPSA) is 79.6 Å². The molecule has 1 aromatic heterocycles. The van der Waals surface area contributed by atoms with Crippen LogP contribution in [0.4, 0.5) is 11.7 Å². The van der Waals surface area contributed by atoms with Crippen molar-refractivity contribution in [3.8, 4) is 0 Å². The van der Waals surface area contributed by atoms with Crippen LogP contribution in [0.25, 0.3) is 0 Å². The van der Waals surface area contributed by atoms with E-state index in [0.717, 1.165) is 41.8 Å². The highest BCUT2D eigenvalue weighted by Gasteiger charge is 2.16. The van der Waals surface area contributed by atoms with E-state index in [1.165, 1.54) is 18.4 Å². The molecule has 1 aliphatic rings. The Kier molecular flexibility index (Phi) is 6.35. The molecule has 0 saturated carbocycles. The van der Waals surface area contributed by atoms with Gasteiger partial charge in [-0.1, -0.05) is 22.0 Å². The van der Waals surface area contributed by atoms with Crippen LogP contribution in [0.1, 0.15) is 22.5 Å². The van der Waals surface area contributed by atoms with Gasteiger partial charge in [0.1, 0.15) is 6.26 Å². The van der Waals surface area contributed by atoms with Crippen molar-refractivity contribution in [1.29, 1.82) is 0 Å². The summed E-state index contributed by atoms with van der Waals surface area (Å²) >= 11 is 4.71. The largest absolute Gasteiger partial charge is 0.431 e. The van der Waals surface area contributed by atoms with Crippen LogP contribution in [0.15, 0.2) is 33.4 Å². The Balaban J connectivity index is 1.56. The fourth-order valence-electron chi connectivity index (χ4n) is 2.25. The fourth-order valence-corrected chi connectivity index (χ4v) is 3.32. The molecular formula is C16H19BrN4O3S. The lowest BCUT2D eigenvalue weighted by atomic mass is 10.2. The van der Waals surface area contributed by atoms with Gasteiger partial charge in [0.15, 0.2) is 5.69 Å². The molecule has 2 aromatic rings. The summed E-state index contributed by atoms with van der Waals surface area (Å²) in [5.41, 5.74) is 2.14. The third-order valence-electron chi connectivity index (χ3n) is 3.63. The minimum absolute atomic E-state index is 0.230. The van der Waals surface area contributed by atoms with E-state index in [9.17, 15) is 4.79 Å². The lowest BCUT2D eigenvalue weighted by Crippen LogP contribution is -2.27. The van der Waals surface area contributed by atoms with E-state index < -0.39 is 0 Å². The number of halogens is 1. The monoisotopic (exact) mass is 426 g/mol. The predicted octanol–water partition coefficient (Wildman–Crippen LogP) is 3.50. The Morgan fingerprint density at radius 1 is 1.36 bits per heavy atom. The quantitative estimate of drug-likeness (QED) is 0.707. The van der Waals surface area contributed by atoms with Crippen LogP contribution in [0.2, 0.25) is 0 Å². The summed E-state index contributed by atoms with van der Waals surface area (Å²) < 4.78 is 16.5. The molecule has 1 amide bonds. The molecule has 0 atom stereocenters. The first-order valence-electron chi connectivity index (χ1n) is 7.90. The normalized spacial score (nSPS) is 15.6. The molecule has 1 fully saturated rings. The van der Waals surface area contributed by atoms with Crippen molar-refractivity contribution in [1.82, 2.24) is 14.0 Å². The molecule has 2 heterocycles. The molecule has 3 rings (SSSR count). The Bertz CT molecular complexity index is 732. The van der Waals surface area contributed by atoms with Crippen LogP contribution >= 0.6 is 28.1 Å². The number of nitrogens with zero attached hydrogens (tertiary/aromatic N) is 2. The van der Waals surface area contributed by atoms with Crippen molar-refractivity contribution < 1.29 is 13.9 Å². The zero-order chi connectivity index (χ0) is 17.6.